The van der Waals surface area contributed by atoms with Crippen LogP contribution in [0.1, 0.15) is 24.2 Å². The van der Waals surface area contributed by atoms with Gasteiger partial charge in [-0.05, 0) is 44.2 Å². The van der Waals surface area contributed by atoms with Crippen LogP contribution in [0, 0.1) is 0 Å². The number of para-hydroxylation sites is 1. The number of likely N-dealkylation sites (N-methyl/N-ethyl adjacent to an activating group) is 1. The number of ether oxygens (including phenoxy) is 3. The molecule has 6 heteroatoms. The van der Waals surface area contributed by atoms with Crippen molar-refractivity contribution >= 4 is 17.6 Å². The third-order valence-electron chi connectivity index (χ3n) is 3.90. The summed E-state index contributed by atoms with van der Waals surface area (Å²) in [4.78, 5) is 26.6. The molecule has 0 aliphatic rings. The number of carbonyl (C=O) groups is 2. The predicted octanol–water partition coefficient (Wildman–Crippen LogP) is 3.30. The zero-order chi connectivity index (χ0) is 19.1. The molecule has 0 spiro atoms. The fraction of sp³-hybridized carbons (Fsp3) is 0.300. The first-order chi connectivity index (χ1) is 12.5. The quantitative estimate of drug-likeness (QED) is 0.712. The standard InChI is InChI=1S/C20H23NO5/c1-5-21(16-9-7-6-8-10-16)19(22)14(2)26-20(23)15-11-12-17(24-3)18(13-15)25-4/h6-14H,5H2,1-4H3/t14-/m0/s1. The van der Waals surface area contributed by atoms with Crippen LogP contribution in [-0.4, -0.2) is 38.7 Å². The van der Waals surface area contributed by atoms with E-state index in [2.05, 4.69) is 0 Å². The van der Waals surface area contributed by atoms with Gasteiger partial charge in [-0.2, -0.15) is 0 Å². The van der Waals surface area contributed by atoms with E-state index in [9.17, 15) is 9.59 Å². The minimum Gasteiger partial charge on any atom is -0.493 e. The molecule has 0 aliphatic carbocycles. The van der Waals surface area contributed by atoms with Crippen molar-refractivity contribution in [2.75, 3.05) is 25.7 Å². The highest BCUT2D eigenvalue weighted by atomic mass is 16.5. The molecule has 2 aromatic carbocycles. The van der Waals surface area contributed by atoms with Crippen LogP contribution in [0.2, 0.25) is 0 Å². The Morgan fingerprint density at radius 2 is 1.65 bits per heavy atom. The van der Waals surface area contributed by atoms with Crippen molar-refractivity contribution in [2.24, 2.45) is 0 Å². The summed E-state index contributed by atoms with van der Waals surface area (Å²) in [5, 5.41) is 0. The first-order valence-corrected chi connectivity index (χ1v) is 8.31. The molecule has 138 valence electrons. The molecule has 0 aliphatic heterocycles. The third-order valence-corrected chi connectivity index (χ3v) is 3.90. The van der Waals surface area contributed by atoms with Gasteiger partial charge in [0, 0.05) is 12.2 Å². The lowest BCUT2D eigenvalue weighted by atomic mass is 10.2. The SMILES string of the molecule is CCN(C(=O)[C@H](C)OC(=O)c1ccc(OC)c(OC)c1)c1ccccc1. The van der Waals surface area contributed by atoms with Crippen LogP contribution in [0.25, 0.3) is 0 Å². The molecule has 0 saturated carbocycles. The van der Waals surface area contributed by atoms with E-state index < -0.39 is 12.1 Å². The van der Waals surface area contributed by atoms with Crippen LogP contribution in [-0.2, 0) is 9.53 Å². The average Bonchev–Trinajstić information content (AvgIpc) is 2.68. The molecule has 0 aromatic heterocycles. The molecule has 0 bridgehead atoms. The van der Waals surface area contributed by atoms with Crippen molar-refractivity contribution in [3.63, 3.8) is 0 Å². The molecule has 0 unspecified atom stereocenters. The van der Waals surface area contributed by atoms with E-state index in [0.717, 1.165) is 5.69 Å². The number of methoxy groups -OCH3 is 2. The molecule has 0 N–H and O–H groups in total. The summed E-state index contributed by atoms with van der Waals surface area (Å²) in [6.45, 7) is 3.90. The second-order valence-corrected chi connectivity index (χ2v) is 5.54. The second-order valence-electron chi connectivity index (χ2n) is 5.54. The molecule has 6 nitrogen and oxygen atoms in total. The summed E-state index contributed by atoms with van der Waals surface area (Å²) in [5.74, 6) is 0.0401. The van der Waals surface area contributed by atoms with E-state index in [-0.39, 0.29) is 11.5 Å². The Labute approximate surface area is 153 Å². The van der Waals surface area contributed by atoms with Gasteiger partial charge in [-0.1, -0.05) is 18.2 Å². The summed E-state index contributed by atoms with van der Waals surface area (Å²) in [7, 11) is 3.00. The second kappa shape index (κ2) is 8.89. The molecule has 0 fully saturated rings. The van der Waals surface area contributed by atoms with E-state index in [1.807, 2.05) is 37.3 Å². The van der Waals surface area contributed by atoms with E-state index in [1.54, 1.807) is 24.0 Å². The summed E-state index contributed by atoms with van der Waals surface area (Å²) in [6.07, 6.45) is -0.921. The van der Waals surface area contributed by atoms with Gasteiger partial charge >= 0.3 is 5.97 Å². The molecular weight excluding hydrogens is 334 g/mol. The molecular formula is C20H23NO5. The molecule has 0 radical (unpaired) electrons. The van der Waals surface area contributed by atoms with Gasteiger partial charge in [-0.15, -0.1) is 0 Å². The molecule has 1 amide bonds. The lowest BCUT2D eigenvalue weighted by molar-refractivity contribution is -0.126. The minimum absolute atomic E-state index is 0.282. The molecule has 1 atom stereocenters. The van der Waals surface area contributed by atoms with Crippen LogP contribution < -0.4 is 14.4 Å². The van der Waals surface area contributed by atoms with E-state index in [1.165, 1.54) is 20.3 Å². The van der Waals surface area contributed by atoms with E-state index in [4.69, 9.17) is 14.2 Å². The number of hydrogen-bond donors (Lipinski definition) is 0. The number of rotatable bonds is 7. The molecule has 2 rings (SSSR count). The van der Waals surface area contributed by atoms with Crippen molar-refractivity contribution < 1.29 is 23.8 Å². The van der Waals surface area contributed by atoms with Crippen LogP contribution in [0.3, 0.4) is 0 Å². The Hall–Kier alpha value is -3.02. The Morgan fingerprint density at radius 1 is 1.00 bits per heavy atom. The maximum atomic E-state index is 12.7. The van der Waals surface area contributed by atoms with Crippen molar-refractivity contribution in [3.8, 4) is 11.5 Å². The largest absolute Gasteiger partial charge is 0.493 e. The van der Waals surface area contributed by atoms with Gasteiger partial charge in [0.25, 0.3) is 5.91 Å². The Morgan fingerprint density at radius 3 is 2.23 bits per heavy atom. The Balaban J connectivity index is 2.12. The summed E-state index contributed by atoms with van der Waals surface area (Å²) >= 11 is 0. The van der Waals surface area contributed by atoms with E-state index >= 15 is 0 Å². The molecule has 0 saturated heterocycles. The molecule has 0 heterocycles. The molecule has 2 aromatic rings. The van der Waals surface area contributed by atoms with Crippen LogP contribution in [0.4, 0.5) is 5.69 Å². The highest BCUT2D eigenvalue weighted by Crippen LogP contribution is 2.28. The van der Waals surface area contributed by atoms with Crippen LogP contribution in [0.5, 0.6) is 11.5 Å². The number of nitrogens with zero attached hydrogens (tertiary/aromatic N) is 1. The molecule has 26 heavy (non-hydrogen) atoms. The van der Waals surface area contributed by atoms with Gasteiger partial charge < -0.3 is 19.1 Å². The summed E-state index contributed by atoms with van der Waals surface area (Å²) < 4.78 is 15.7. The van der Waals surface area contributed by atoms with E-state index in [0.29, 0.717) is 18.0 Å². The monoisotopic (exact) mass is 357 g/mol. The smallest absolute Gasteiger partial charge is 0.339 e. The number of amides is 1. The van der Waals surface area contributed by atoms with Gasteiger partial charge in [0.2, 0.25) is 0 Å². The summed E-state index contributed by atoms with van der Waals surface area (Å²) in [5.41, 5.74) is 1.04. The first kappa shape index (κ1) is 19.3. The number of hydrogen-bond acceptors (Lipinski definition) is 5. The zero-order valence-electron chi connectivity index (χ0n) is 15.4. The average molecular weight is 357 g/mol. The van der Waals surface area contributed by atoms with Gasteiger partial charge in [-0.25, -0.2) is 4.79 Å². The van der Waals surface area contributed by atoms with Crippen LogP contribution >= 0.6 is 0 Å². The van der Waals surface area contributed by atoms with Crippen molar-refractivity contribution in [2.45, 2.75) is 20.0 Å². The van der Waals surface area contributed by atoms with Gasteiger partial charge in [0.05, 0.1) is 19.8 Å². The fourth-order valence-electron chi connectivity index (χ4n) is 2.54. The first-order valence-electron chi connectivity index (χ1n) is 8.31. The van der Waals surface area contributed by atoms with Crippen molar-refractivity contribution in [3.05, 3.63) is 54.1 Å². The maximum absolute atomic E-state index is 12.7. The fourth-order valence-corrected chi connectivity index (χ4v) is 2.54. The van der Waals surface area contributed by atoms with Crippen LogP contribution in [0.15, 0.2) is 48.5 Å². The summed E-state index contributed by atoms with van der Waals surface area (Å²) in [6, 6.07) is 14.0. The number of esters is 1. The Bertz CT molecular complexity index is 760. The lowest BCUT2D eigenvalue weighted by Crippen LogP contribution is -2.40. The normalized spacial score (nSPS) is 11.4. The Kier molecular flexibility index (Phi) is 6.60. The zero-order valence-corrected chi connectivity index (χ0v) is 15.4. The van der Waals surface area contributed by atoms with Gasteiger partial charge in [0.15, 0.2) is 17.6 Å². The minimum atomic E-state index is -0.921. The highest BCUT2D eigenvalue weighted by molar-refractivity contribution is 5.99. The maximum Gasteiger partial charge on any atom is 0.339 e. The van der Waals surface area contributed by atoms with Crippen molar-refractivity contribution in [1.29, 1.82) is 0 Å². The number of benzene rings is 2. The predicted molar refractivity (Wildman–Crippen MR) is 98.9 cm³/mol. The number of anilines is 1. The van der Waals surface area contributed by atoms with Crippen molar-refractivity contribution in [1.82, 2.24) is 0 Å². The van der Waals surface area contributed by atoms with Gasteiger partial charge in [-0.3, -0.25) is 4.79 Å². The lowest BCUT2D eigenvalue weighted by Gasteiger charge is -2.24. The third kappa shape index (κ3) is 4.33. The number of carbonyl (C=O) groups excluding carboxylic acids is 2. The van der Waals surface area contributed by atoms with Gasteiger partial charge in [0.1, 0.15) is 0 Å². The topological polar surface area (TPSA) is 65.1 Å². The highest BCUT2D eigenvalue weighted by Gasteiger charge is 2.25.